The average molecular weight is 647 g/mol. The molecule has 18 heteroatoms. The lowest BCUT2D eigenvalue weighted by Gasteiger charge is -2.19. The highest BCUT2D eigenvalue weighted by Gasteiger charge is 2.33. The highest BCUT2D eigenvalue weighted by Crippen LogP contribution is 2.34. The van der Waals surface area contributed by atoms with E-state index < -0.39 is 30.3 Å². The molecule has 0 aliphatic heterocycles. The molecule has 6 rings (SSSR count). The number of benzene rings is 1. The van der Waals surface area contributed by atoms with E-state index in [0.29, 0.717) is 14.9 Å². The number of imidazole rings is 1. The maximum Gasteiger partial charge on any atom is 0.433 e. The summed E-state index contributed by atoms with van der Waals surface area (Å²) in [7, 11) is 0. The first-order chi connectivity index (χ1) is 21.5. The molecule has 45 heavy (non-hydrogen) atoms. The Morgan fingerprint density at radius 3 is 2.47 bits per heavy atom. The van der Waals surface area contributed by atoms with Crippen LogP contribution in [0.25, 0.3) is 28.1 Å². The van der Waals surface area contributed by atoms with Gasteiger partial charge in [0.2, 0.25) is 5.69 Å². The second-order valence-corrected chi connectivity index (χ2v) is 10.0. The van der Waals surface area contributed by atoms with E-state index in [0.717, 1.165) is 24.8 Å². The molecule has 1 atom stereocenters. The molecule has 0 N–H and O–H groups in total. The molecule has 0 aliphatic carbocycles. The standard InChI is InChI=1S/C27H17ClF6N10O/c28-18-3-5-20(43-14-37-39-40-43)24(25(18)29)16-2-4-19(44(45)12-16)21(7-15-1-6-23(36-8-15)27(32,33)34)42-11-17(9-38-42)22-10-35-13-41(22)26(30)31/h1-6,8-14,21,26H,7H2/t21-/m1/s1. The van der Waals surface area contributed by atoms with E-state index in [1.807, 2.05) is 0 Å². The van der Waals surface area contributed by atoms with Crippen LogP contribution in [0.4, 0.5) is 26.3 Å². The minimum absolute atomic E-state index is 0.0436. The van der Waals surface area contributed by atoms with Crippen LogP contribution in [-0.4, -0.2) is 44.5 Å². The van der Waals surface area contributed by atoms with Gasteiger partial charge in [0.05, 0.1) is 46.3 Å². The van der Waals surface area contributed by atoms with Gasteiger partial charge in [-0.25, -0.2) is 9.37 Å². The number of halogens is 7. The summed E-state index contributed by atoms with van der Waals surface area (Å²) < 4.78 is 85.3. The molecule has 11 nitrogen and oxygen atoms in total. The Morgan fingerprint density at radius 2 is 1.80 bits per heavy atom. The Kier molecular flexibility index (Phi) is 7.69. The normalized spacial score (nSPS) is 12.6. The van der Waals surface area contributed by atoms with Crippen LogP contribution in [0.3, 0.4) is 0 Å². The van der Waals surface area contributed by atoms with E-state index in [2.05, 4.69) is 30.6 Å². The van der Waals surface area contributed by atoms with E-state index in [9.17, 15) is 27.2 Å². The highest BCUT2D eigenvalue weighted by molar-refractivity contribution is 6.31. The molecule has 230 valence electrons. The van der Waals surface area contributed by atoms with Crippen molar-refractivity contribution in [3.8, 4) is 28.1 Å². The van der Waals surface area contributed by atoms with Crippen molar-refractivity contribution in [2.24, 2.45) is 0 Å². The molecule has 0 fully saturated rings. The summed E-state index contributed by atoms with van der Waals surface area (Å²) in [6, 6.07) is 6.65. The molecule has 0 saturated carbocycles. The van der Waals surface area contributed by atoms with Gasteiger partial charge in [0, 0.05) is 30.4 Å². The largest absolute Gasteiger partial charge is 0.618 e. The van der Waals surface area contributed by atoms with Crippen LogP contribution in [-0.2, 0) is 12.6 Å². The molecule has 0 unspecified atom stereocenters. The number of nitrogens with zero attached hydrogens (tertiary/aromatic N) is 10. The second kappa shape index (κ2) is 11.6. The SMILES string of the molecule is [O-][n+]1cc(-c2c(-n3cnnn3)ccc(Cl)c2F)ccc1[C@@H](Cc1ccc(C(F)(F)F)nc1)n1cc(-c2cncn2C(F)F)cn1. The maximum atomic E-state index is 15.3. The minimum atomic E-state index is -4.66. The fraction of sp³-hybridized carbons (Fsp3) is 0.148. The van der Waals surface area contributed by atoms with Gasteiger partial charge in [-0.3, -0.25) is 14.2 Å². The van der Waals surface area contributed by atoms with Gasteiger partial charge < -0.3 is 5.21 Å². The van der Waals surface area contributed by atoms with E-state index in [4.69, 9.17) is 11.6 Å². The predicted octanol–water partition coefficient (Wildman–Crippen LogP) is 5.46. The first kappa shape index (κ1) is 29.7. The number of pyridine rings is 2. The Hall–Kier alpha value is -5.32. The van der Waals surface area contributed by atoms with E-state index in [1.165, 1.54) is 64.6 Å². The Bertz CT molecular complexity index is 1960. The summed E-state index contributed by atoms with van der Waals surface area (Å²) in [4.78, 5) is 7.25. The number of hydrogen-bond donors (Lipinski definition) is 0. The van der Waals surface area contributed by atoms with Gasteiger partial charge >= 0.3 is 12.7 Å². The third-order valence-corrected chi connectivity index (χ3v) is 7.17. The molecule has 5 aromatic heterocycles. The van der Waals surface area contributed by atoms with Crippen LogP contribution < -0.4 is 4.73 Å². The molecule has 0 saturated heterocycles. The number of hydrogen-bond acceptors (Lipinski definition) is 7. The number of alkyl halides is 5. The van der Waals surface area contributed by atoms with Crippen molar-refractivity contribution in [3.05, 3.63) is 113 Å². The van der Waals surface area contributed by atoms with Crippen molar-refractivity contribution in [2.75, 3.05) is 0 Å². The minimum Gasteiger partial charge on any atom is -0.618 e. The molecule has 1 aromatic carbocycles. The van der Waals surface area contributed by atoms with Crippen LogP contribution in [0, 0.1) is 11.0 Å². The van der Waals surface area contributed by atoms with Crippen molar-refractivity contribution in [1.29, 1.82) is 0 Å². The molecule has 0 amide bonds. The Labute approximate surface area is 253 Å². The lowest BCUT2D eigenvalue weighted by Crippen LogP contribution is -2.36. The third-order valence-electron chi connectivity index (χ3n) is 6.88. The van der Waals surface area contributed by atoms with Gasteiger partial charge in [-0.2, -0.15) is 36.5 Å². The Morgan fingerprint density at radius 1 is 0.978 bits per heavy atom. The monoisotopic (exact) mass is 646 g/mol. The Balaban J connectivity index is 1.43. The summed E-state index contributed by atoms with van der Waals surface area (Å²) >= 11 is 6.04. The summed E-state index contributed by atoms with van der Waals surface area (Å²) in [6.45, 7) is -2.89. The van der Waals surface area contributed by atoms with Crippen LogP contribution >= 0.6 is 11.6 Å². The zero-order valence-corrected chi connectivity index (χ0v) is 23.1. The summed E-state index contributed by atoms with van der Waals surface area (Å²) in [5.41, 5.74) is -0.237. The quantitative estimate of drug-likeness (QED) is 0.122. The summed E-state index contributed by atoms with van der Waals surface area (Å²) in [5, 5.41) is 28.5. The molecule has 0 radical (unpaired) electrons. The lowest BCUT2D eigenvalue weighted by molar-refractivity contribution is -0.615. The zero-order valence-electron chi connectivity index (χ0n) is 22.4. The fourth-order valence-electron chi connectivity index (χ4n) is 4.77. The molecular weight excluding hydrogens is 630 g/mol. The van der Waals surface area contributed by atoms with E-state index >= 15 is 4.39 Å². The van der Waals surface area contributed by atoms with Gasteiger partial charge in [-0.05, 0) is 40.3 Å². The molecule has 5 heterocycles. The number of rotatable bonds is 8. The molecule has 6 aromatic rings. The van der Waals surface area contributed by atoms with Gasteiger partial charge in [0.25, 0.3) is 0 Å². The van der Waals surface area contributed by atoms with Gasteiger partial charge in [-0.15, -0.1) is 5.10 Å². The predicted molar refractivity (Wildman–Crippen MR) is 144 cm³/mol. The average Bonchev–Trinajstić information content (AvgIpc) is 3.79. The second-order valence-electron chi connectivity index (χ2n) is 9.62. The third kappa shape index (κ3) is 5.81. The smallest absolute Gasteiger partial charge is 0.433 e. The summed E-state index contributed by atoms with van der Waals surface area (Å²) in [5.74, 6) is -0.836. The highest BCUT2D eigenvalue weighted by atomic mass is 35.5. The van der Waals surface area contributed by atoms with Crippen molar-refractivity contribution in [3.63, 3.8) is 0 Å². The van der Waals surface area contributed by atoms with Crippen molar-refractivity contribution in [1.82, 2.24) is 44.5 Å². The summed E-state index contributed by atoms with van der Waals surface area (Å²) in [6.07, 6.45) is 3.46. The number of tetrazole rings is 1. The van der Waals surface area contributed by atoms with Crippen molar-refractivity contribution in [2.45, 2.75) is 25.2 Å². The topological polar surface area (TPSA) is 119 Å². The molecule has 0 aliphatic rings. The van der Waals surface area contributed by atoms with Crippen molar-refractivity contribution >= 4 is 11.6 Å². The van der Waals surface area contributed by atoms with Crippen LogP contribution in [0.15, 0.2) is 80.0 Å². The fourth-order valence-corrected chi connectivity index (χ4v) is 4.93. The van der Waals surface area contributed by atoms with Gasteiger partial charge in [-0.1, -0.05) is 17.7 Å². The first-order valence-corrected chi connectivity index (χ1v) is 13.2. The van der Waals surface area contributed by atoms with Crippen LogP contribution in [0.5, 0.6) is 0 Å². The zero-order chi connectivity index (χ0) is 31.9. The molecule has 0 bridgehead atoms. The van der Waals surface area contributed by atoms with Gasteiger partial charge in [0.15, 0.2) is 12.0 Å². The number of aromatic nitrogens is 10. The molecular formula is C27H17ClF6N10O. The van der Waals surface area contributed by atoms with E-state index in [-0.39, 0.29) is 45.2 Å². The van der Waals surface area contributed by atoms with Gasteiger partial charge in [0.1, 0.15) is 18.1 Å². The van der Waals surface area contributed by atoms with E-state index in [1.54, 1.807) is 0 Å². The molecule has 0 spiro atoms. The van der Waals surface area contributed by atoms with Crippen LogP contribution in [0.2, 0.25) is 5.02 Å². The lowest BCUT2D eigenvalue weighted by atomic mass is 10.0. The maximum absolute atomic E-state index is 15.3. The van der Waals surface area contributed by atoms with Crippen molar-refractivity contribution < 1.29 is 31.1 Å². The van der Waals surface area contributed by atoms with Crippen LogP contribution in [0.1, 0.15) is 29.5 Å². The first-order valence-electron chi connectivity index (χ1n) is 12.8.